The highest BCUT2D eigenvalue weighted by molar-refractivity contribution is 6.17. The van der Waals surface area contributed by atoms with Gasteiger partial charge >= 0.3 is 6.18 Å². The van der Waals surface area contributed by atoms with Crippen molar-refractivity contribution in [2.24, 2.45) is 10.9 Å². The van der Waals surface area contributed by atoms with Gasteiger partial charge in [-0.25, -0.2) is 0 Å². The van der Waals surface area contributed by atoms with E-state index in [0.29, 0.717) is 22.7 Å². The van der Waals surface area contributed by atoms with Crippen molar-refractivity contribution in [3.8, 4) is 11.3 Å². The van der Waals surface area contributed by atoms with E-state index in [-0.39, 0.29) is 30.0 Å². The Labute approximate surface area is 183 Å². The van der Waals surface area contributed by atoms with E-state index in [1.54, 1.807) is 6.07 Å². The molecule has 0 unspecified atom stereocenters. The molecule has 166 valence electrons. The van der Waals surface area contributed by atoms with Gasteiger partial charge in [-0.3, -0.25) is 9.79 Å². The first-order valence-electron chi connectivity index (χ1n) is 10.3. The maximum absolute atomic E-state index is 13.7. The molecule has 1 aliphatic rings. The molecule has 0 fully saturated rings. The second-order valence-electron chi connectivity index (χ2n) is 8.32. The van der Waals surface area contributed by atoms with E-state index < -0.39 is 17.6 Å². The lowest BCUT2D eigenvalue weighted by Gasteiger charge is -2.17. The lowest BCUT2D eigenvalue weighted by atomic mass is 9.96. The number of halogens is 3. The number of amides is 1. The van der Waals surface area contributed by atoms with Gasteiger partial charge in [0, 0.05) is 11.6 Å². The molecule has 0 saturated heterocycles. The zero-order chi connectivity index (χ0) is 23.0. The number of benzene rings is 2. The molecule has 0 bridgehead atoms. The normalized spacial score (nSPS) is 14.1. The number of alkyl halides is 3. The zero-order valence-electron chi connectivity index (χ0n) is 17.9. The topological polar surface area (TPSA) is 67.5 Å². The molecule has 1 aliphatic heterocycles. The molecule has 0 aliphatic carbocycles. The molecule has 1 aromatic heterocycles. The molecule has 32 heavy (non-hydrogen) atoms. The van der Waals surface area contributed by atoms with E-state index in [1.807, 2.05) is 45.0 Å². The molecule has 0 saturated carbocycles. The van der Waals surface area contributed by atoms with Crippen LogP contribution in [0.3, 0.4) is 0 Å². The summed E-state index contributed by atoms with van der Waals surface area (Å²) in [4.78, 5) is 17.1. The molecule has 0 spiro atoms. The molecular formula is C24H22F3N3O2. The van der Waals surface area contributed by atoms with Crippen LogP contribution < -0.4 is 5.32 Å². The van der Waals surface area contributed by atoms with Crippen molar-refractivity contribution >= 4 is 23.0 Å². The van der Waals surface area contributed by atoms with Gasteiger partial charge in [-0.05, 0) is 48.6 Å². The minimum atomic E-state index is -4.52. The summed E-state index contributed by atoms with van der Waals surface area (Å²) in [6, 6.07) is 11.5. The third-order valence-corrected chi connectivity index (χ3v) is 5.12. The monoisotopic (exact) mass is 441 g/mol. The molecule has 3 aromatic rings. The van der Waals surface area contributed by atoms with Gasteiger partial charge in [-0.15, -0.1) is 0 Å². The molecule has 4 rings (SSSR count). The van der Waals surface area contributed by atoms with Crippen molar-refractivity contribution in [3.63, 3.8) is 0 Å². The van der Waals surface area contributed by atoms with Crippen LogP contribution in [0.25, 0.3) is 11.3 Å². The number of nitrogens with one attached hydrogen (secondary N) is 1. The standard InChI is InChI=1S/C24H22F3N3O2/c1-13(2)7-17-10-20-21(11-18(17)24(25,26)27)29-23(31)12-19(28-20)15-5-4-6-16(9-15)22-8-14(3)30-32-22/h4-6,8-11,13H,7,12H2,1-3H3,(H,29,31). The Morgan fingerprint density at radius 2 is 1.88 bits per heavy atom. The first kappa shape index (κ1) is 21.8. The van der Waals surface area contributed by atoms with E-state index in [2.05, 4.69) is 15.5 Å². The number of fused-ring (bicyclic) bond motifs is 1. The number of aliphatic imine (C=N–C) groups is 1. The van der Waals surface area contributed by atoms with Crippen LogP contribution in [0.15, 0.2) is 52.0 Å². The second kappa shape index (κ2) is 8.26. The van der Waals surface area contributed by atoms with Crippen molar-refractivity contribution in [2.45, 2.75) is 39.8 Å². The Morgan fingerprint density at radius 3 is 2.53 bits per heavy atom. The SMILES string of the molecule is Cc1cc(-c2cccc(C3=Nc4cc(CC(C)C)c(C(F)(F)F)cc4NC(=O)C3)c2)on1. The lowest BCUT2D eigenvalue weighted by molar-refractivity contribution is -0.138. The number of hydrogen-bond donors (Lipinski definition) is 1. The summed E-state index contributed by atoms with van der Waals surface area (Å²) < 4.78 is 46.3. The van der Waals surface area contributed by atoms with Crippen LogP contribution in [0.5, 0.6) is 0 Å². The van der Waals surface area contributed by atoms with Crippen LogP contribution in [0.1, 0.15) is 42.7 Å². The highest BCUT2D eigenvalue weighted by Gasteiger charge is 2.35. The Kier molecular flexibility index (Phi) is 5.62. The van der Waals surface area contributed by atoms with Gasteiger partial charge in [0.15, 0.2) is 5.76 Å². The summed E-state index contributed by atoms with van der Waals surface area (Å²) in [5.41, 5.74) is 2.46. The first-order valence-corrected chi connectivity index (χ1v) is 10.3. The van der Waals surface area contributed by atoms with Crippen LogP contribution in [0, 0.1) is 12.8 Å². The average molecular weight is 441 g/mol. The molecule has 5 nitrogen and oxygen atoms in total. The molecule has 1 N–H and O–H groups in total. The van der Waals surface area contributed by atoms with Gasteiger partial charge < -0.3 is 9.84 Å². The molecule has 2 aromatic carbocycles. The predicted molar refractivity (Wildman–Crippen MR) is 116 cm³/mol. The molecular weight excluding hydrogens is 419 g/mol. The lowest BCUT2D eigenvalue weighted by Crippen LogP contribution is -2.16. The Bertz CT molecular complexity index is 1210. The van der Waals surface area contributed by atoms with E-state index in [4.69, 9.17) is 4.52 Å². The number of anilines is 1. The van der Waals surface area contributed by atoms with Crippen molar-refractivity contribution in [3.05, 3.63) is 64.8 Å². The van der Waals surface area contributed by atoms with Gasteiger partial charge in [0.2, 0.25) is 5.91 Å². The third kappa shape index (κ3) is 4.59. The molecule has 0 radical (unpaired) electrons. The minimum absolute atomic E-state index is 0.0278. The van der Waals surface area contributed by atoms with Crippen molar-refractivity contribution in [1.29, 1.82) is 0 Å². The fourth-order valence-corrected chi connectivity index (χ4v) is 3.75. The van der Waals surface area contributed by atoms with E-state index in [9.17, 15) is 18.0 Å². The average Bonchev–Trinajstić information content (AvgIpc) is 3.06. The number of carbonyl (C=O) groups is 1. The summed E-state index contributed by atoms with van der Waals surface area (Å²) in [7, 11) is 0. The fourth-order valence-electron chi connectivity index (χ4n) is 3.75. The number of carbonyl (C=O) groups excluding carboxylic acids is 1. The number of aromatic nitrogens is 1. The van der Waals surface area contributed by atoms with E-state index >= 15 is 0 Å². The quantitative estimate of drug-likeness (QED) is 0.514. The molecule has 2 heterocycles. The van der Waals surface area contributed by atoms with Crippen molar-refractivity contribution in [1.82, 2.24) is 5.16 Å². The number of nitrogens with zero attached hydrogens (tertiary/aromatic N) is 2. The number of aryl methyl sites for hydroxylation is 1. The highest BCUT2D eigenvalue weighted by atomic mass is 19.4. The summed E-state index contributed by atoms with van der Waals surface area (Å²) in [6.45, 7) is 5.54. The second-order valence-corrected chi connectivity index (χ2v) is 8.32. The largest absolute Gasteiger partial charge is 0.416 e. The zero-order valence-corrected chi connectivity index (χ0v) is 17.9. The van der Waals surface area contributed by atoms with Crippen LogP contribution >= 0.6 is 0 Å². The van der Waals surface area contributed by atoms with Crippen LogP contribution in [0.4, 0.5) is 24.5 Å². The van der Waals surface area contributed by atoms with Crippen LogP contribution in [-0.4, -0.2) is 16.8 Å². The molecule has 1 amide bonds. The Balaban J connectivity index is 1.82. The van der Waals surface area contributed by atoms with E-state index in [0.717, 1.165) is 17.3 Å². The first-order chi connectivity index (χ1) is 15.1. The van der Waals surface area contributed by atoms with Gasteiger partial charge in [0.25, 0.3) is 0 Å². The Hall–Kier alpha value is -3.42. The van der Waals surface area contributed by atoms with E-state index in [1.165, 1.54) is 6.07 Å². The molecule has 8 heteroatoms. The maximum atomic E-state index is 13.7. The Morgan fingerprint density at radius 1 is 1.12 bits per heavy atom. The van der Waals surface area contributed by atoms with Gasteiger partial charge in [-0.2, -0.15) is 13.2 Å². The van der Waals surface area contributed by atoms with Gasteiger partial charge in [0.05, 0.1) is 34.8 Å². The summed E-state index contributed by atoms with van der Waals surface area (Å²) in [6.07, 6.45) is -4.33. The molecule has 0 atom stereocenters. The van der Waals surface area contributed by atoms with Crippen LogP contribution in [-0.2, 0) is 17.4 Å². The maximum Gasteiger partial charge on any atom is 0.416 e. The van der Waals surface area contributed by atoms with Crippen molar-refractivity contribution in [2.75, 3.05) is 5.32 Å². The number of rotatable bonds is 4. The number of hydrogen-bond acceptors (Lipinski definition) is 4. The summed E-state index contributed by atoms with van der Waals surface area (Å²) in [5.74, 6) is 0.186. The summed E-state index contributed by atoms with van der Waals surface area (Å²) in [5, 5.41) is 6.47. The predicted octanol–water partition coefficient (Wildman–Crippen LogP) is 6.33. The van der Waals surface area contributed by atoms with Gasteiger partial charge in [-0.1, -0.05) is 37.2 Å². The van der Waals surface area contributed by atoms with Crippen LogP contribution in [0.2, 0.25) is 0 Å². The smallest absolute Gasteiger partial charge is 0.356 e. The minimum Gasteiger partial charge on any atom is -0.356 e. The highest BCUT2D eigenvalue weighted by Crippen LogP contribution is 2.40. The third-order valence-electron chi connectivity index (χ3n) is 5.12. The van der Waals surface area contributed by atoms with Gasteiger partial charge in [0.1, 0.15) is 0 Å². The summed E-state index contributed by atoms with van der Waals surface area (Å²) >= 11 is 0. The fraction of sp³-hybridized carbons (Fsp3) is 0.292. The van der Waals surface area contributed by atoms with Crippen molar-refractivity contribution < 1.29 is 22.5 Å².